The Balaban J connectivity index is 0.00000242. The van der Waals surface area contributed by atoms with E-state index in [1.54, 1.807) is 29.6 Å². The molecule has 0 spiro atoms. The normalized spacial score (nSPS) is 10.4. The summed E-state index contributed by atoms with van der Waals surface area (Å²) >= 11 is 1.25. The molecule has 0 unspecified atom stereocenters. The maximum Gasteiger partial charge on any atom is 0.273 e. The Bertz CT molecular complexity index is 595. The van der Waals surface area contributed by atoms with Gasteiger partial charge in [-0.25, -0.2) is 13.8 Å². The number of aromatic nitrogens is 1. The van der Waals surface area contributed by atoms with Crippen LogP contribution in [0.1, 0.15) is 21.1 Å². The van der Waals surface area contributed by atoms with Gasteiger partial charge in [0.2, 0.25) is 0 Å². The lowest BCUT2D eigenvalue weighted by Crippen LogP contribution is -2.34. The molecule has 0 saturated heterocycles. The summed E-state index contributed by atoms with van der Waals surface area (Å²) in [7, 11) is 0. The van der Waals surface area contributed by atoms with Crippen LogP contribution in [-0.2, 0) is 13.1 Å². The molecule has 2 aromatic rings. The fourth-order valence-electron chi connectivity index (χ4n) is 1.85. The maximum atomic E-state index is 12.7. The van der Waals surface area contributed by atoms with Gasteiger partial charge >= 0.3 is 0 Å². The molecule has 22 heavy (non-hydrogen) atoms. The second-order valence-corrected chi connectivity index (χ2v) is 5.34. The van der Waals surface area contributed by atoms with Crippen molar-refractivity contribution in [1.82, 2.24) is 9.88 Å². The van der Waals surface area contributed by atoms with Gasteiger partial charge in [-0.2, -0.15) is 0 Å². The Kier molecular flexibility index (Phi) is 7.37. The van der Waals surface area contributed by atoms with Crippen molar-refractivity contribution < 1.29 is 13.6 Å². The SMILES string of the molecule is Cl.NCc1nc(C(=O)N(Cc2ccccc2)CC(F)F)cs1. The Morgan fingerprint density at radius 1 is 1.32 bits per heavy atom. The topological polar surface area (TPSA) is 59.2 Å². The van der Waals surface area contributed by atoms with Crippen LogP contribution < -0.4 is 5.73 Å². The summed E-state index contributed by atoms with van der Waals surface area (Å²) in [6.45, 7) is -0.270. The standard InChI is InChI=1S/C14H15F2N3OS.ClH/c15-12(16)8-19(7-10-4-2-1-3-5-10)14(20)11-9-21-13(6-17)18-11;/h1-5,9,12H,6-8,17H2;1H. The molecule has 0 bridgehead atoms. The minimum absolute atomic E-state index is 0. The third kappa shape index (κ3) is 5.01. The molecule has 0 fully saturated rings. The van der Waals surface area contributed by atoms with Crippen LogP contribution in [0.15, 0.2) is 35.7 Å². The van der Waals surface area contributed by atoms with E-state index in [2.05, 4.69) is 4.98 Å². The van der Waals surface area contributed by atoms with Crippen molar-refractivity contribution in [2.45, 2.75) is 19.5 Å². The first-order valence-corrected chi connectivity index (χ1v) is 7.24. The molecule has 1 amide bonds. The Morgan fingerprint density at radius 2 is 2.00 bits per heavy atom. The zero-order valence-corrected chi connectivity index (χ0v) is 13.2. The molecule has 0 aliphatic carbocycles. The van der Waals surface area contributed by atoms with Crippen molar-refractivity contribution >= 4 is 29.7 Å². The van der Waals surface area contributed by atoms with Crippen molar-refractivity contribution in [3.63, 3.8) is 0 Å². The fraction of sp³-hybridized carbons (Fsp3) is 0.286. The molecule has 120 valence electrons. The summed E-state index contributed by atoms with van der Waals surface area (Å²) in [4.78, 5) is 17.5. The lowest BCUT2D eigenvalue weighted by molar-refractivity contribution is 0.0530. The van der Waals surface area contributed by atoms with Crippen LogP contribution in [-0.4, -0.2) is 28.8 Å². The predicted octanol–water partition coefficient (Wildman–Crippen LogP) is 2.93. The Morgan fingerprint density at radius 3 is 2.55 bits per heavy atom. The van der Waals surface area contributed by atoms with E-state index in [9.17, 15) is 13.6 Å². The molecule has 2 N–H and O–H groups in total. The number of amides is 1. The fourth-order valence-corrected chi connectivity index (χ4v) is 2.50. The van der Waals surface area contributed by atoms with Crippen LogP contribution in [0.4, 0.5) is 8.78 Å². The number of alkyl halides is 2. The molecular weight excluding hydrogens is 332 g/mol. The van der Waals surface area contributed by atoms with Gasteiger partial charge in [0.05, 0.1) is 6.54 Å². The highest BCUT2D eigenvalue weighted by Crippen LogP contribution is 2.15. The number of benzene rings is 1. The minimum atomic E-state index is -2.59. The maximum absolute atomic E-state index is 12.7. The number of carbonyl (C=O) groups is 1. The number of hydrogen-bond donors (Lipinski definition) is 1. The molecule has 2 rings (SSSR count). The lowest BCUT2D eigenvalue weighted by atomic mass is 10.2. The van der Waals surface area contributed by atoms with Gasteiger partial charge in [-0.15, -0.1) is 23.7 Å². The molecular formula is C14H16ClF2N3OS. The van der Waals surface area contributed by atoms with Gasteiger partial charge in [-0.1, -0.05) is 30.3 Å². The van der Waals surface area contributed by atoms with Crippen LogP contribution in [0.5, 0.6) is 0 Å². The monoisotopic (exact) mass is 347 g/mol. The minimum Gasteiger partial charge on any atom is -0.327 e. The molecule has 1 aromatic carbocycles. The van der Waals surface area contributed by atoms with Crippen LogP contribution in [0.2, 0.25) is 0 Å². The number of nitrogens with two attached hydrogens (primary N) is 1. The molecule has 0 atom stereocenters. The van der Waals surface area contributed by atoms with Crippen molar-refractivity contribution in [3.05, 3.63) is 52.0 Å². The molecule has 4 nitrogen and oxygen atoms in total. The number of carbonyl (C=O) groups excluding carboxylic acids is 1. The van der Waals surface area contributed by atoms with E-state index in [0.717, 1.165) is 10.5 Å². The van der Waals surface area contributed by atoms with Gasteiger partial charge in [-0.3, -0.25) is 4.79 Å². The molecule has 1 aromatic heterocycles. The highest BCUT2D eigenvalue weighted by Gasteiger charge is 2.22. The van der Waals surface area contributed by atoms with Crippen LogP contribution >= 0.6 is 23.7 Å². The van der Waals surface area contributed by atoms with Crippen LogP contribution in [0.3, 0.4) is 0 Å². The average molecular weight is 348 g/mol. The Labute approximate surface area is 137 Å². The second-order valence-electron chi connectivity index (χ2n) is 4.39. The number of rotatable bonds is 6. The lowest BCUT2D eigenvalue weighted by Gasteiger charge is -2.21. The van der Waals surface area contributed by atoms with Crippen LogP contribution in [0, 0.1) is 0 Å². The zero-order chi connectivity index (χ0) is 15.2. The van der Waals surface area contributed by atoms with E-state index in [4.69, 9.17) is 5.73 Å². The summed E-state index contributed by atoms with van der Waals surface area (Å²) in [6.07, 6.45) is -2.59. The highest BCUT2D eigenvalue weighted by molar-refractivity contribution is 7.09. The van der Waals surface area contributed by atoms with Gasteiger partial charge in [0.1, 0.15) is 10.7 Å². The molecule has 0 aliphatic rings. The van der Waals surface area contributed by atoms with Crippen molar-refractivity contribution in [2.24, 2.45) is 5.73 Å². The average Bonchev–Trinajstić information content (AvgIpc) is 2.95. The molecule has 0 saturated carbocycles. The van der Waals surface area contributed by atoms with E-state index in [-0.39, 0.29) is 31.2 Å². The summed E-state index contributed by atoms with van der Waals surface area (Å²) in [5, 5.41) is 2.16. The molecule has 0 aliphatic heterocycles. The van der Waals surface area contributed by atoms with Gasteiger partial charge < -0.3 is 10.6 Å². The van der Waals surface area contributed by atoms with E-state index < -0.39 is 18.9 Å². The third-order valence-corrected chi connectivity index (χ3v) is 3.68. The van der Waals surface area contributed by atoms with E-state index >= 15 is 0 Å². The zero-order valence-electron chi connectivity index (χ0n) is 11.6. The van der Waals surface area contributed by atoms with E-state index in [0.29, 0.717) is 5.01 Å². The van der Waals surface area contributed by atoms with Crippen molar-refractivity contribution in [3.8, 4) is 0 Å². The first-order valence-electron chi connectivity index (χ1n) is 6.36. The Hall–Kier alpha value is -1.57. The van der Waals surface area contributed by atoms with Gasteiger partial charge in [0, 0.05) is 18.5 Å². The van der Waals surface area contributed by atoms with E-state index in [1.165, 1.54) is 11.3 Å². The smallest absolute Gasteiger partial charge is 0.273 e. The summed E-state index contributed by atoms with van der Waals surface area (Å²) in [5.74, 6) is -0.505. The third-order valence-electron chi connectivity index (χ3n) is 2.81. The van der Waals surface area contributed by atoms with E-state index in [1.807, 2.05) is 6.07 Å². The first-order chi connectivity index (χ1) is 10.1. The number of nitrogens with zero attached hydrogens (tertiary/aromatic N) is 2. The van der Waals surface area contributed by atoms with Gasteiger partial charge in [0.15, 0.2) is 0 Å². The molecule has 0 radical (unpaired) electrons. The number of halogens is 3. The first kappa shape index (κ1) is 18.5. The summed E-state index contributed by atoms with van der Waals surface area (Å²) in [6, 6.07) is 9.01. The molecule has 8 heteroatoms. The summed E-state index contributed by atoms with van der Waals surface area (Å²) in [5.41, 5.74) is 6.40. The highest BCUT2D eigenvalue weighted by atomic mass is 35.5. The van der Waals surface area contributed by atoms with Gasteiger partial charge in [-0.05, 0) is 5.56 Å². The largest absolute Gasteiger partial charge is 0.327 e. The van der Waals surface area contributed by atoms with Crippen molar-refractivity contribution in [1.29, 1.82) is 0 Å². The quantitative estimate of drug-likeness (QED) is 0.874. The van der Waals surface area contributed by atoms with Gasteiger partial charge in [0.25, 0.3) is 12.3 Å². The van der Waals surface area contributed by atoms with Crippen molar-refractivity contribution in [2.75, 3.05) is 6.54 Å². The number of hydrogen-bond acceptors (Lipinski definition) is 4. The second kappa shape index (κ2) is 8.77. The van der Waals surface area contributed by atoms with Crippen LogP contribution in [0.25, 0.3) is 0 Å². The number of thiazole rings is 1. The summed E-state index contributed by atoms with van der Waals surface area (Å²) < 4.78 is 25.4. The molecule has 1 heterocycles. The predicted molar refractivity (Wildman–Crippen MR) is 84.4 cm³/mol.